The molecule has 1 fully saturated rings. The third-order valence-corrected chi connectivity index (χ3v) is 9.38. The highest BCUT2D eigenvalue weighted by atomic mass is 32.2. The van der Waals surface area contributed by atoms with Gasteiger partial charge in [0.1, 0.15) is 28.2 Å². The number of rotatable bonds is 10. The smallest absolute Gasteiger partial charge is 0.257 e. The average molecular weight is 629 g/mol. The zero-order valence-electron chi connectivity index (χ0n) is 25.7. The molecule has 1 aliphatic rings. The van der Waals surface area contributed by atoms with E-state index in [4.69, 9.17) is 14.2 Å². The number of methoxy groups -OCH3 is 2. The van der Waals surface area contributed by atoms with Crippen molar-refractivity contribution in [2.45, 2.75) is 23.2 Å². The Kier molecular flexibility index (Phi) is 9.43. The number of likely N-dealkylation sites (tertiary alicyclic amines) is 1. The van der Waals surface area contributed by atoms with Gasteiger partial charge in [-0.1, -0.05) is 42.5 Å². The highest BCUT2D eigenvalue weighted by molar-refractivity contribution is 7.90. The van der Waals surface area contributed by atoms with Gasteiger partial charge in [-0.2, -0.15) is 0 Å². The number of sulfone groups is 1. The Labute approximate surface area is 263 Å². The lowest BCUT2D eigenvalue weighted by Crippen LogP contribution is -2.31. The molecule has 234 valence electrons. The van der Waals surface area contributed by atoms with Crippen molar-refractivity contribution in [3.05, 3.63) is 108 Å². The zero-order chi connectivity index (χ0) is 32.1. The van der Waals surface area contributed by atoms with Crippen molar-refractivity contribution >= 4 is 21.7 Å². The van der Waals surface area contributed by atoms with Crippen LogP contribution in [-0.2, 0) is 15.6 Å². The van der Waals surface area contributed by atoms with Crippen LogP contribution in [-0.4, -0.2) is 77.5 Å². The van der Waals surface area contributed by atoms with E-state index >= 15 is 0 Å². The maximum Gasteiger partial charge on any atom is 0.257 e. The van der Waals surface area contributed by atoms with Gasteiger partial charge < -0.3 is 24.0 Å². The van der Waals surface area contributed by atoms with E-state index in [0.717, 1.165) is 0 Å². The summed E-state index contributed by atoms with van der Waals surface area (Å²) in [4.78, 5) is 28.9. The number of carbonyl (C=O) groups is 2. The number of nitrogens with zero attached hydrogens (tertiary/aromatic N) is 2. The first-order valence-electron chi connectivity index (χ1n) is 14.5. The summed E-state index contributed by atoms with van der Waals surface area (Å²) in [7, 11) is 2.48. The Bertz CT molecular complexity index is 1820. The molecule has 0 N–H and O–H groups in total. The summed E-state index contributed by atoms with van der Waals surface area (Å²) >= 11 is 0. The minimum atomic E-state index is -3.85. The summed E-state index contributed by atoms with van der Waals surface area (Å²) in [5.74, 6) is 0.752. The summed E-state index contributed by atoms with van der Waals surface area (Å²) in [6, 6.07) is 26.2. The third-order valence-electron chi connectivity index (χ3n) is 7.68. The van der Waals surface area contributed by atoms with Crippen molar-refractivity contribution in [3.63, 3.8) is 0 Å². The van der Waals surface area contributed by atoms with Gasteiger partial charge in [0, 0.05) is 32.6 Å². The first-order valence-corrected chi connectivity index (χ1v) is 16.2. The number of carbonyl (C=O) groups excluding carboxylic acids is 2. The minimum Gasteiger partial charge on any atom is -0.496 e. The number of benzene rings is 4. The van der Waals surface area contributed by atoms with E-state index in [1.807, 2.05) is 12.1 Å². The van der Waals surface area contributed by atoms with Crippen molar-refractivity contribution in [3.8, 4) is 28.4 Å². The molecule has 0 bridgehead atoms. The summed E-state index contributed by atoms with van der Waals surface area (Å²) in [5.41, 5.74) is 2.92. The van der Waals surface area contributed by atoms with Crippen molar-refractivity contribution < 1.29 is 32.2 Å². The molecule has 0 saturated carbocycles. The van der Waals surface area contributed by atoms with Crippen LogP contribution in [0.4, 0.5) is 0 Å². The maximum absolute atomic E-state index is 13.8. The van der Waals surface area contributed by atoms with Crippen LogP contribution >= 0.6 is 0 Å². The summed E-state index contributed by atoms with van der Waals surface area (Å²) < 4.78 is 44.5. The number of amides is 2. The molecule has 45 heavy (non-hydrogen) atoms. The second kappa shape index (κ2) is 13.4. The molecule has 1 heterocycles. The predicted octanol–water partition coefficient (Wildman–Crippen LogP) is 5.34. The molecule has 9 nitrogen and oxygen atoms in total. The molecule has 1 aliphatic heterocycles. The Morgan fingerprint density at radius 1 is 0.844 bits per heavy atom. The average Bonchev–Trinajstić information content (AvgIpc) is 3.52. The highest BCUT2D eigenvalue weighted by Crippen LogP contribution is 2.33. The topological polar surface area (TPSA) is 102 Å². The minimum absolute atomic E-state index is 0.0550. The number of hydrogen-bond acceptors (Lipinski definition) is 7. The Morgan fingerprint density at radius 3 is 2.33 bits per heavy atom. The van der Waals surface area contributed by atoms with Gasteiger partial charge in [0.05, 0.1) is 32.1 Å². The standard InChI is InChI=1S/C35H36N2O7S/c1-36(2)34(38)27-11-8-10-25(20-27)26-15-16-32(43-4)33(21-26)45(40,41)23-24-9-7-12-28(19-24)44-29-17-18-37(22-29)35(39)30-13-5-6-14-31(30)42-3/h5-16,19-21,29H,17-18,22-23H2,1-4H3/t29-/m0/s1. The second-order valence-corrected chi connectivity index (χ2v) is 13.0. The molecule has 0 radical (unpaired) electrons. The molecule has 0 aliphatic carbocycles. The van der Waals surface area contributed by atoms with E-state index in [9.17, 15) is 18.0 Å². The van der Waals surface area contributed by atoms with Crippen LogP contribution in [0.5, 0.6) is 17.2 Å². The first-order chi connectivity index (χ1) is 21.6. The molecule has 0 aromatic heterocycles. The normalized spacial score (nSPS) is 14.6. The fourth-order valence-electron chi connectivity index (χ4n) is 5.39. The quantitative estimate of drug-likeness (QED) is 0.234. The van der Waals surface area contributed by atoms with Gasteiger partial charge >= 0.3 is 0 Å². The van der Waals surface area contributed by atoms with E-state index in [2.05, 4.69) is 0 Å². The number of hydrogen-bond donors (Lipinski definition) is 0. The fourth-order valence-corrected chi connectivity index (χ4v) is 6.93. The van der Waals surface area contributed by atoms with Gasteiger partial charge in [-0.15, -0.1) is 0 Å². The lowest BCUT2D eigenvalue weighted by molar-refractivity contribution is 0.0768. The van der Waals surface area contributed by atoms with Crippen LogP contribution in [0.15, 0.2) is 95.9 Å². The van der Waals surface area contributed by atoms with Crippen molar-refractivity contribution in [1.29, 1.82) is 0 Å². The van der Waals surface area contributed by atoms with E-state index in [-0.39, 0.29) is 34.3 Å². The molecule has 10 heteroatoms. The molecule has 0 unspecified atom stereocenters. The van der Waals surface area contributed by atoms with E-state index in [0.29, 0.717) is 58.8 Å². The highest BCUT2D eigenvalue weighted by Gasteiger charge is 2.30. The molecule has 1 saturated heterocycles. The summed E-state index contributed by atoms with van der Waals surface area (Å²) in [6.07, 6.45) is 0.414. The molecule has 5 rings (SSSR count). The SMILES string of the molecule is COc1ccccc1C(=O)N1CC[C@H](Oc2cccc(CS(=O)(=O)c3cc(-c4cccc(C(=O)N(C)C)c4)ccc3OC)c2)C1. The molecule has 1 atom stereocenters. The fraction of sp³-hybridized carbons (Fsp3) is 0.257. The van der Waals surface area contributed by atoms with Gasteiger partial charge in [-0.25, -0.2) is 8.42 Å². The van der Waals surface area contributed by atoms with Crippen molar-refractivity contribution in [1.82, 2.24) is 9.80 Å². The Hall–Kier alpha value is -4.83. The molecule has 4 aromatic rings. The van der Waals surface area contributed by atoms with Crippen LogP contribution in [0, 0.1) is 0 Å². The number of ether oxygens (including phenoxy) is 3. The molecule has 2 amide bonds. The molecule has 0 spiro atoms. The first kappa shape index (κ1) is 31.6. The molecular weight excluding hydrogens is 592 g/mol. The van der Waals surface area contributed by atoms with Crippen molar-refractivity contribution in [2.24, 2.45) is 0 Å². The van der Waals surface area contributed by atoms with Crippen LogP contribution in [0.25, 0.3) is 11.1 Å². The van der Waals surface area contributed by atoms with Gasteiger partial charge in [0.2, 0.25) is 0 Å². The van der Waals surface area contributed by atoms with E-state index < -0.39 is 9.84 Å². The Morgan fingerprint density at radius 2 is 1.58 bits per heavy atom. The van der Waals surface area contributed by atoms with Crippen molar-refractivity contribution in [2.75, 3.05) is 41.4 Å². The molecular formula is C35H36N2O7S. The molecule has 4 aromatic carbocycles. The van der Waals surface area contributed by atoms with Gasteiger partial charge in [-0.05, 0) is 65.2 Å². The van der Waals surface area contributed by atoms with E-state index in [1.165, 1.54) is 19.1 Å². The summed E-state index contributed by atoms with van der Waals surface area (Å²) in [5, 5.41) is 0. The summed E-state index contributed by atoms with van der Waals surface area (Å²) in [6.45, 7) is 0.947. The van der Waals surface area contributed by atoms with Crippen LogP contribution < -0.4 is 14.2 Å². The van der Waals surface area contributed by atoms with Crippen LogP contribution in [0.2, 0.25) is 0 Å². The lowest BCUT2D eigenvalue weighted by Gasteiger charge is -2.19. The van der Waals surface area contributed by atoms with Gasteiger partial charge in [0.15, 0.2) is 9.84 Å². The van der Waals surface area contributed by atoms with E-state index in [1.54, 1.807) is 97.9 Å². The lowest BCUT2D eigenvalue weighted by atomic mass is 10.0. The predicted molar refractivity (Wildman–Crippen MR) is 172 cm³/mol. The van der Waals surface area contributed by atoms with Gasteiger partial charge in [-0.3, -0.25) is 9.59 Å². The Balaban J connectivity index is 1.31. The monoisotopic (exact) mass is 628 g/mol. The second-order valence-electron chi connectivity index (χ2n) is 11.0. The largest absolute Gasteiger partial charge is 0.496 e. The van der Waals surface area contributed by atoms with Crippen LogP contribution in [0.3, 0.4) is 0 Å². The maximum atomic E-state index is 13.8. The number of para-hydroxylation sites is 1. The zero-order valence-corrected chi connectivity index (χ0v) is 26.5. The van der Waals surface area contributed by atoms with Crippen LogP contribution in [0.1, 0.15) is 32.7 Å². The van der Waals surface area contributed by atoms with Gasteiger partial charge in [0.25, 0.3) is 11.8 Å². The third kappa shape index (κ3) is 7.12.